The van der Waals surface area contributed by atoms with Crippen molar-refractivity contribution in [1.29, 1.82) is 0 Å². The molecule has 2 atom stereocenters. The fourth-order valence-electron chi connectivity index (χ4n) is 2.38. The van der Waals surface area contributed by atoms with E-state index in [-0.39, 0.29) is 6.07 Å². The van der Waals surface area contributed by atoms with Crippen LogP contribution in [0.4, 0.5) is 26.3 Å². The molecule has 0 aromatic heterocycles. The molecule has 0 fully saturated rings. The molecule has 2 rings (SSSR count). The van der Waals surface area contributed by atoms with Gasteiger partial charge in [-0.25, -0.2) is 0 Å². The van der Waals surface area contributed by atoms with Crippen molar-refractivity contribution < 1.29 is 36.2 Å². The Morgan fingerprint density at radius 3 is 1.86 bits per heavy atom. The van der Waals surface area contributed by atoms with Crippen molar-refractivity contribution in [1.82, 2.24) is 0 Å². The Labute approximate surface area is 121 Å². The Morgan fingerprint density at radius 2 is 1.45 bits per heavy atom. The third kappa shape index (κ3) is 3.16. The number of carbonyl (C=O) groups excluding carboxylic acids is 1. The summed E-state index contributed by atoms with van der Waals surface area (Å²) in [6, 6.07) is 1.05. The number of rotatable bonds is 2. The predicted octanol–water partition coefficient (Wildman–Crippen LogP) is 3.56. The van der Waals surface area contributed by atoms with Gasteiger partial charge in [0.15, 0.2) is 5.78 Å². The summed E-state index contributed by atoms with van der Waals surface area (Å²) in [5.74, 6) is -2.71. The lowest BCUT2D eigenvalue weighted by Crippen LogP contribution is -2.19. The SMILES string of the molecule is O=C1C=CC(CO)C1c1cc(C(F)(F)F)cc(C(F)(F)F)c1. The second-order valence-electron chi connectivity index (χ2n) is 4.92. The minimum atomic E-state index is -4.97. The van der Waals surface area contributed by atoms with Crippen molar-refractivity contribution in [2.24, 2.45) is 5.92 Å². The van der Waals surface area contributed by atoms with E-state index < -0.39 is 53.3 Å². The normalized spacial score (nSPS) is 22.4. The third-order valence-corrected chi connectivity index (χ3v) is 3.42. The zero-order valence-corrected chi connectivity index (χ0v) is 10.9. The Kier molecular flexibility index (Phi) is 4.08. The van der Waals surface area contributed by atoms with Gasteiger partial charge in [0.05, 0.1) is 23.7 Å². The summed E-state index contributed by atoms with van der Waals surface area (Å²) < 4.78 is 76.7. The molecule has 0 bridgehead atoms. The molecule has 2 unspecified atom stereocenters. The first kappa shape index (κ1) is 16.5. The van der Waals surface area contributed by atoms with Crippen LogP contribution in [0.5, 0.6) is 0 Å². The summed E-state index contributed by atoms with van der Waals surface area (Å²) >= 11 is 0. The minimum Gasteiger partial charge on any atom is -0.396 e. The van der Waals surface area contributed by atoms with Crippen LogP contribution in [0, 0.1) is 5.92 Å². The third-order valence-electron chi connectivity index (χ3n) is 3.42. The number of hydrogen-bond acceptors (Lipinski definition) is 2. The van der Waals surface area contributed by atoms with Crippen LogP contribution in [0.15, 0.2) is 30.4 Å². The Morgan fingerprint density at radius 1 is 0.955 bits per heavy atom. The second kappa shape index (κ2) is 5.42. The van der Waals surface area contributed by atoms with Gasteiger partial charge in [-0.3, -0.25) is 4.79 Å². The number of ketones is 1. The molecule has 0 aliphatic heterocycles. The molecule has 0 amide bonds. The smallest absolute Gasteiger partial charge is 0.396 e. The van der Waals surface area contributed by atoms with E-state index in [4.69, 9.17) is 5.11 Å². The standard InChI is InChI=1S/C14H10F6O2/c15-13(16,17)9-3-8(4-10(5-9)14(18,19)20)12-7(6-21)1-2-11(12)22/h1-5,7,12,21H,6H2. The fraction of sp³-hybridized carbons (Fsp3) is 0.357. The van der Waals surface area contributed by atoms with E-state index in [2.05, 4.69) is 0 Å². The van der Waals surface area contributed by atoms with E-state index in [1.54, 1.807) is 0 Å². The number of alkyl halides is 6. The van der Waals surface area contributed by atoms with Gasteiger partial charge in [-0.05, 0) is 29.8 Å². The van der Waals surface area contributed by atoms with Crippen LogP contribution in [0.2, 0.25) is 0 Å². The fourth-order valence-corrected chi connectivity index (χ4v) is 2.38. The Bertz CT molecular complexity index is 582. The average molecular weight is 324 g/mol. The first-order valence-corrected chi connectivity index (χ1v) is 6.16. The summed E-state index contributed by atoms with van der Waals surface area (Å²) in [5, 5.41) is 9.13. The molecule has 1 aliphatic carbocycles. The molecule has 1 N–H and O–H groups in total. The molecule has 2 nitrogen and oxygen atoms in total. The molecular formula is C14H10F6O2. The van der Waals surface area contributed by atoms with Crippen molar-refractivity contribution in [3.05, 3.63) is 47.0 Å². The molecule has 1 aliphatic rings. The van der Waals surface area contributed by atoms with Crippen molar-refractivity contribution in [3.8, 4) is 0 Å². The number of aliphatic hydroxyl groups excluding tert-OH is 1. The van der Waals surface area contributed by atoms with Gasteiger partial charge >= 0.3 is 12.4 Å². The highest BCUT2D eigenvalue weighted by atomic mass is 19.4. The number of carbonyl (C=O) groups is 1. The maximum Gasteiger partial charge on any atom is 0.416 e. The number of benzene rings is 1. The maximum atomic E-state index is 12.8. The van der Waals surface area contributed by atoms with Crippen LogP contribution in [0.1, 0.15) is 22.6 Å². The number of allylic oxidation sites excluding steroid dienone is 1. The highest BCUT2D eigenvalue weighted by Gasteiger charge is 2.39. The molecule has 120 valence electrons. The van der Waals surface area contributed by atoms with E-state index in [0.717, 1.165) is 6.08 Å². The molecule has 0 heterocycles. The summed E-state index contributed by atoms with van der Waals surface area (Å²) in [6.45, 7) is -0.551. The van der Waals surface area contributed by atoms with Crippen LogP contribution in [0.3, 0.4) is 0 Å². The largest absolute Gasteiger partial charge is 0.416 e. The molecule has 0 saturated heterocycles. The first-order chi connectivity index (χ1) is 10.0. The molecule has 0 spiro atoms. The highest BCUT2D eigenvalue weighted by molar-refractivity contribution is 5.98. The van der Waals surface area contributed by atoms with Gasteiger partial charge < -0.3 is 5.11 Å². The van der Waals surface area contributed by atoms with E-state index >= 15 is 0 Å². The summed E-state index contributed by atoms with van der Waals surface area (Å²) in [4.78, 5) is 11.7. The number of aliphatic hydroxyl groups is 1. The summed E-state index contributed by atoms with van der Waals surface area (Å²) in [6.07, 6.45) is -7.61. The lowest BCUT2D eigenvalue weighted by molar-refractivity contribution is -0.143. The number of hydrogen-bond donors (Lipinski definition) is 1. The zero-order chi connectivity index (χ0) is 16.7. The second-order valence-corrected chi connectivity index (χ2v) is 4.92. The lowest BCUT2D eigenvalue weighted by atomic mass is 9.86. The van der Waals surface area contributed by atoms with Crippen LogP contribution in [-0.2, 0) is 17.1 Å². The monoisotopic (exact) mass is 324 g/mol. The molecular weight excluding hydrogens is 314 g/mol. The van der Waals surface area contributed by atoms with Gasteiger partial charge in [0.1, 0.15) is 0 Å². The Hall–Kier alpha value is -1.83. The van der Waals surface area contributed by atoms with E-state index in [1.165, 1.54) is 6.08 Å². The molecule has 0 radical (unpaired) electrons. The topological polar surface area (TPSA) is 37.3 Å². The van der Waals surface area contributed by atoms with Gasteiger partial charge in [-0.15, -0.1) is 0 Å². The molecule has 1 aromatic carbocycles. The van der Waals surface area contributed by atoms with Gasteiger partial charge in [0.25, 0.3) is 0 Å². The predicted molar refractivity (Wildman–Crippen MR) is 63.9 cm³/mol. The van der Waals surface area contributed by atoms with Crippen molar-refractivity contribution in [2.45, 2.75) is 18.3 Å². The highest BCUT2D eigenvalue weighted by Crippen LogP contribution is 2.40. The van der Waals surface area contributed by atoms with Gasteiger partial charge in [-0.1, -0.05) is 6.08 Å². The van der Waals surface area contributed by atoms with Crippen LogP contribution in [-0.4, -0.2) is 17.5 Å². The van der Waals surface area contributed by atoms with Gasteiger partial charge in [0, 0.05) is 5.92 Å². The number of halogens is 6. The minimum absolute atomic E-state index is 0.00427. The van der Waals surface area contributed by atoms with Crippen LogP contribution >= 0.6 is 0 Å². The van der Waals surface area contributed by atoms with E-state index in [1.807, 2.05) is 0 Å². The van der Waals surface area contributed by atoms with Crippen LogP contribution < -0.4 is 0 Å². The molecule has 1 aromatic rings. The van der Waals surface area contributed by atoms with Crippen molar-refractivity contribution in [2.75, 3.05) is 6.61 Å². The first-order valence-electron chi connectivity index (χ1n) is 6.16. The molecule has 8 heteroatoms. The van der Waals surface area contributed by atoms with Crippen LogP contribution in [0.25, 0.3) is 0 Å². The lowest BCUT2D eigenvalue weighted by Gasteiger charge is -2.20. The molecule has 0 saturated carbocycles. The summed E-state index contributed by atoms with van der Waals surface area (Å²) in [5.41, 5.74) is -3.36. The quantitative estimate of drug-likeness (QED) is 0.845. The van der Waals surface area contributed by atoms with E-state index in [9.17, 15) is 31.1 Å². The van der Waals surface area contributed by atoms with Gasteiger partial charge in [-0.2, -0.15) is 26.3 Å². The molecule has 22 heavy (non-hydrogen) atoms. The Balaban J connectivity index is 2.58. The van der Waals surface area contributed by atoms with Crippen molar-refractivity contribution >= 4 is 5.78 Å². The average Bonchev–Trinajstić information content (AvgIpc) is 2.77. The zero-order valence-electron chi connectivity index (χ0n) is 10.9. The summed E-state index contributed by atoms with van der Waals surface area (Å²) in [7, 11) is 0. The van der Waals surface area contributed by atoms with Gasteiger partial charge in [0.2, 0.25) is 0 Å². The van der Waals surface area contributed by atoms with Crippen molar-refractivity contribution in [3.63, 3.8) is 0 Å². The maximum absolute atomic E-state index is 12.8. The van der Waals surface area contributed by atoms with E-state index in [0.29, 0.717) is 12.1 Å².